The van der Waals surface area contributed by atoms with Crippen LogP contribution in [0.1, 0.15) is 26.2 Å². The van der Waals surface area contributed by atoms with Gasteiger partial charge in [-0.1, -0.05) is 39.2 Å². The molecule has 1 N–H and O–H groups in total. The second kappa shape index (κ2) is 12.4. The molecule has 3 amide bonds. The molecule has 7 atom stereocenters. The number of carbonyl (C=O) groups is 3. The summed E-state index contributed by atoms with van der Waals surface area (Å²) >= 11 is 3.32. The van der Waals surface area contributed by atoms with E-state index in [4.69, 9.17) is 23.3 Å². The van der Waals surface area contributed by atoms with Crippen molar-refractivity contribution in [2.24, 2.45) is 5.11 Å². The maximum atomic E-state index is 14.3. The van der Waals surface area contributed by atoms with E-state index in [1.165, 1.54) is 23.8 Å². The van der Waals surface area contributed by atoms with Crippen LogP contribution in [-0.4, -0.2) is 89.8 Å². The summed E-state index contributed by atoms with van der Waals surface area (Å²) < 4.78 is 42.5. The van der Waals surface area contributed by atoms with Gasteiger partial charge in [-0.05, 0) is 37.4 Å². The van der Waals surface area contributed by atoms with Crippen LogP contribution in [0.4, 0.5) is 4.79 Å². The Morgan fingerprint density at radius 1 is 1.32 bits per heavy atom. The number of nitrogens with zero attached hydrogens (tertiary/aromatic N) is 5. The quantitative estimate of drug-likeness (QED) is 0.0990. The average Bonchev–Trinajstić information content (AvgIpc) is 3.58. The minimum Gasteiger partial charge on any atom is -0.468 e. The smallest absolute Gasteiger partial charge is 0.462 e. The van der Waals surface area contributed by atoms with Crippen molar-refractivity contribution < 1.29 is 42.2 Å². The fraction of sp³-hybridized carbons (Fsp3) is 0.609. The van der Waals surface area contributed by atoms with Gasteiger partial charge < -0.3 is 18.7 Å². The molecule has 3 saturated heterocycles. The predicted molar refractivity (Wildman–Crippen MR) is 142 cm³/mol. The number of nitrogens with one attached hydrogen (secondary N) is 1. The van der Waals surface area contributed by atoms with E-state index in [0.717, 1.165) is 0 Å². The highest BCUT2D eigenvalue weighted by atomic mass is 79.9. The van der Waals surface area contributed by atoms with Gasteiger partial charge in [0.25, 0.3) is 0 Å². The number of halogens is 1. The molecule has 3 fully saturated rings. The van der Waals surface area contributed by atoms with Gasteiger partial charge in [-0.15, -0.1) is 0 Å². The molecule has 40 heavy (non-hydrogen) atoms. The fourth-order valence-corrected chi connectivity index (χ4v) is 7.43. The maximum absolute atomic E-state index is 14.3. The standard InChI is InChI=1S/C23H30BrN6O9P/c1-23(24)20(32)26-22(33)30(21(23)36-3)18-12-15(27-28-25)17(38-18)13-37-40(34,39-14-8-5-4-6-9-14)29-11-7-10-16(29)19(31)35-2/h4-6,8-9,15-18,21H,7,10-13H2,1-3H3,(H,26,32,33)/t15-,16-,17+,18+,21?,23?,40?/m0/s1. The number of para-hydroxylation sites is 1. The fourth-order valence-electron chi connectivity index (χ4n) is 4.96. The Morgan fingerprint density at radius 2 is 2.05 bits per heavy atom. The zero-order chi connectivity index (χ0) is 29.1. The number of imide groups is 1. The van der Waals surface area contributed by atoms with Crippen LogP contribution in [0.15, 0.2) is 35.4 Å². The van der Waals surface area contributed by atoms with Gasteiger partial charge in [0.05, 0.1) is 25.9 Å². The lowest BCUT2D eigenvalue weighted by atomic mass is 10.0. The van der Waals surface area contributed by atoms with Crippen LogP contribution in [0.5, 0.6) is 5.75 Å². The number of ether oxygens (including phenoxy) is 3. The Labute approximate surface area is 238 Å². The lowest BCUT2D eigenvalue weighted by molar-refractivity contribution is -0.152. The van der Waals surface area contributed by atoms with Crippen LogP contribution in [0.3, 0.4) is 0 Å². The van der Waals surface area contributed by atoms with E-state index in [9.17, 15) is 24.5 Å². The van der Waals surface area contributed by atoms with E-state index in [2.05, 4.69) is 31.3 Å². The van der Waals surface area contributed by atoms with E-state index < -0.39 is 60.6 Å². The zero-order valence-electron chi connectivity index (χ0n) is 22.0. The molecule has 0 aliphatic carbocycles. The number of carbonyl (C=O) groups excluding carboxylic acids is 3. The number of hydrogen-bond donors (Lipinski definition) is 1. The van der Waals surface area contributed by atoms with Crippen molar-refractivity contribution >= 4 is 41.6 Å². The van der Waals surface area contributed by atoms with Gasteiger partial charge in [0.1, 0.15) is 22.3 Å². The molecule has 1 aromatic rings. The van der Waals surface area contributed by atoms with Crippen molar-refractivity contribution in [3.05, 3.63) is 40.8 Å². The first kappa shape index (κ1) is 30.3. The molecule has 0 radical (unpaired) electrons. The molecular weight excluding hydrogens is 615 g/mol. The van der Waals surface area contributed by atoms with Crippen LogP contribution in [0, 0.1) is 0 Å². The molecule has 17 heteroatoms. The number of alkyl halides is 1. The van der Waals surface area contributed by atoms with Crippen molar-refractivity contribution in [3.8, 4) is 5.75 Å². The SMILES string of the molecule is COC(=O)[C@@H]1CCCN1P(=O)(OC[C@H]1O[C@@H](N2C(=O)NC(=O)C(C)(Br)C2OC)C[C@@H]1N=[N+]=[N-])Oc1ccccc1. The van der Waals surface area contributed by atoms with Gasteiger partial charge in [-0.2, -0.15) is 4.67 Å². The van der Waals surface area contributed by atoms with Crippen molar-refractivity contribution in [1.82, 2.24) is 14.9 Å². The zero-order valence-corrected chi connectivity index (χ0v) is 24.5. The molecule has 0 spiro atoms. The molecule has 3 aliphatic heterocycles. The molecule has 4 rings (SSSR count). The van der Waals surface area contributed by atoms with Crippen molar-refractivity contribution in [1.29, 1.82) is 0 Å². The van der Waals surface area contributed by atoms with Crippen LogP contribution in [-0.2, 0) is 32.9 Å². The summed E-state index contributed by atoms with van der Waals surface area (Å²) in [7, 11) is -1.59. The monoisotopic (exact) mass is 644 g/mol. The van der Waals surface area contributed by atoms with Gasteiger partial charge >= 0.3 is 19.7 Å². The van der Waals surface area contributed by atoms with Gasteiger partial charge in [0.2, 0.25) is 5.91 Å². The Hall–Kier alpha value is -2.71. The second-order valence-corrected chi connectivity index (χ2v) is 13.0. The average molecular weight is 645 g/mol. The minimum absolute atomic E-state index is 0.0426. The summed E-state index contributed by atoms with van der Waals surface area (Å²) in [6.07, 6.45) is -2.00. The minimum atomic E-state index is -4.17. The Morgan fingerprint density at radius 3 is 2.70 bits per heavy atom. The second-order valence-electron chi connectivity index (χ2n) is 9.48. The van der Waals surface area contributed by atoms with Gasteiger partial charge in [0, 0.05) is 25.0 Å². The van der Waals surface area contributed by atoms with E-state index in [1.54, 1.807) is 37.3 Å². The highest BCUT2D eigenvalue weighted by Gasteiger charge is 2.55. The first-order valence-electron chi connectivity index (χ1n) is 12.4. The first-order valence-corrected chi connectivity index (χ1v) is 14.7. The van der Waals surface area contributed by atoms with E-state index >= 15 is 0 Å². The molecule has 3 heterocycles. The van der Waals surface area contributed by atoms with Crippen LogP contribution in [0.25, 0.3) is 10.4 Å². The first-order chi connectivity index (χ1) is 19.1. The predicted octanol–water partition coefficient (Wildman–Crippen LogP) is 3.30. The van der Waals surface area contributed by atoms with E-state index in [1.807, 2.05) is 0 Å². The molecule has 0 saturated carbocycles. The number of urea groups is 1. The summed E-state index contributed by atoms with van der Waals surface area (Å²) in [5.41, 5.74) is 9.18. The third kappa shape index (κ3) is 5.98. The molecule has 3 unspecified atom stereocenters. The number of esters is 1. The van der Waals surface area contributed by atoms with Gasteiger partial charge in [-0.3, -0.25) is 24.3 Å². The molecule has 0 aromatic heterocycles. The lowest BCUT2D eigenvalue weighted by Crippen LogP contribution is -2.69. The third-order valence-corrected chi connectivity index (χ3v) is 9.71. The topological polar surface area (TPSA) is 182 Å². The van der Waals surface area contributed by atoms with Gasteiger partial charge in [-0.25, -0.2) is 9.36 Å². The number of methoxy groups -OCH3 is 2. The molecular formula is C23H30BrN6O9P. The molecule has 3 aliphatic rings. The van der Waals surface area contributed by atoms with E-state index in [0.29, 0.717) is 12.8 Å². The van der Waals surface area contributed by atoms with Crippen LogP contribution in [0.2, 0.25) is 0 Å². The summed E-state index contributed by atoms with van der Waals surface area (Å²) in [4.78, 5) is 41.7. The Balaban J connectivity index is 1.58. The van der Waals surface area contributed by atoms with Crippen molar-refractivity contribution in [2.75, 3.05) is 27.4 Å². The number of benzene rings is 1. The number of azide groups is 1. The van der Waals surface area contributed by atoms with Crippen molar-refractivity contribution in [2.45, 2.75) is 61.2 Å². The number of hydrogen-bond acceptors (Lipinski definition) is 10. The van der Waals surface area contributed by atoms with Gasteiger partial charge in [0.15, 0.2) is 6.23 Å². The number of rotatable bonds is 10. The summed E-state index contributed by atoms with van der Waals surface area (Å²) in [6.45, 7) is 1.42. The molecule has 15 nitrogen and oxygen atoms in total. The summed E-state index contributed by atoms with van der Waals surface area (Å²) in [5, 5.41) is 6.05. The van der Waals surface area contributed by atoms with Crippen LogP contribution >= 0.6 is 23.7 Å². The highest BCUT2D eigenvalue weighted by molar-refractivity contribution is 9.10. The molecule has 0 bridgehead atoms. The van der Waals surface area contributed by atoms with Crippen LogP contribution < -0.4 is 9.84 Å². The summed E-state index contributed by atoms with van der Waals surface area (Å²) in [5.74, 6) is -0.904. The molecule has 1 aromatic carbocycles. The maximum Gasteiger partial charge on any atom is 0.462 e. The Bertz CT molecular complexity index is 1220. The largest absolute Gasteiger partial charge is 0.468 e. The third-order valence-electron chi connectivity index (χ3n) is 6.93. The van der Waals surface area contributed by atoms with E-state index in [-0.39, 0.29) is 25.3 Å². The Kier molecular flexibility index (Phi) is 9.40. The normalized spacial score (nSPS) is 32.2. The summed E-state index contributed by atoms with van der Waals surface area (Å²) in [6, 6.07) is 5.92. The number of amides is 3. The van der Waals surface area contributed by atoms with Crippen molar-refractivity contribution in [3.63, 3.8) is 0 Å². The molecule has 218 valence electrons. The lowest BCUT2D eigenvalue weighted by Gasteiger charge is -2.44. The highest BCUT2D eigenvalue weighted by Crippen LogP contribution is 2.56.